The molecule has 0 atom stereocenters. The summed E-state index contributed by atoms with van der Waals surface area (Å²) in [7, 11) is 0. The number of rotatable bonds is 5. The van der Waals surface area contributed by atoms with Crippen molar-refractivity contribution in [1.29, 1.82) is 0 Å². The van der Waals surface area contributed by atoms with E-state index in [1.807, 2.05) is 41.3 Å². The summed E-state index contributed by atoms with van der Waals surface area (Å²) >= 11 is 0. The summed E-state index contributed by atoms with van der Waals surface area (Å²) in [6.45, 7) is 5.74. The third-order valence-corrected chi connectivity index (χ3v) is 4.45. The molecule has 1 amide bonds. The van der Waals surface area contributed by atoms with E-state index in [-0.39, 0.29) is 11.8 Å². The molecular weight excluding hydrogens is 314 g/mol. The number of nitrogens with zero attached hydrogens (tertiary/aromatic N) is 3. The SMILES string of the molecule is CC(C)Cc1noc(C2CCN(C(=O)C=Cc3ccccc3)CC2)n1. The standard InChI is InChI=1S/C20H25N3O2/c1-15(2)14-18-21-20(25-22-18)17-10-12-23(13-11-17)19(24)9-8-16-6-4-3-5-7-16/h3-9,15,17H,10-14H2,1-2H3. The van der Waals surface area contributed by atoms with Crippen LogP contribution in [0.4, 0.5) is 0 Å². The maximum Gasteiger partial charge on any atom is 0.246 e. The number of carbonyl (C=O) groups is 1. The molecule has 132 valence electrons. The highest BCUT2D eigenvalue weighted by Gasteiger charge is 2.26. The molecule has 1 aliphatic rings. The highest BCUT2D eigenvalue weighted by atomic mass is 16.5. The minimum absolute atomic E-state index is 0.0633. The van der Waals surface area contributed by atoms with Crippen LogP contribution in [0.5, 0.6) is 0 Å². The highest BCUT2D eigenvalue weighted by molar-refractivity contribution is 5.91. The molecule has 0 saturated carbocycles. The van der Waals surface area contributed by atoms with Crippen molar-refractivity contribution in [2.45, 2.75) is 39.0 Å². The largest absolute Gasteiger partial charge is 0.339 e. The van der Waals surface area contributed by atoms with E-state index in [0.29, 0.717) is 5.92 Å². The van der Waals surface area contributed by atoms with Crippen LogP contribution >= 0.6 is 0 Å². The quantitative estimate of drug-likeness (QED) is 0.780. The molecule has 0 spiro atoms. The Morgan fingerprint density at radius 2 is 2.00 bits per heavy atom. The Kier molecular flexibility index (Phi) is 5.64. The van der Waals surface area contributed by atoms with Crippen LogP contribution in [0.25, 0.3) is 6.08 Å². The Bertz CT molecular complexity index is 714. The van der Waals surface area contributed by atoms with Gasteiger partial charge in [0.15, 0.2) is 5.82 Å². The number of benzene rings is 1. The summed E-state index contributed by atoms with van der Waals surface area (Å²) in [6, 6.07) is 9.87. The summed E-state index contributed by atoms with van der Waals surface area (Å²) in [6.07, 6.45) is 6.10. The van der Waals surface area contributed by atoms with Crippen LogP contribution in [0.1, 0.15) is 49.9 Å². The van der Waals surface area contributed by atoms with Crippen molar-refractivity contribution in [3.05, 3.63) is 53.7 Å². The Balaban J connectivity index is 1.52. The van der Waals surface area contributed by atoms with Crippen LogP contribution in [0.3, 0.4) is 0 Å². The fraction of sp³-hybridized carbons (Fsp3) is 0.450. The predicted molar refractivity (Wildman–Crippen MR) is 96.9 cm³/mol. The molecule has 1 aliphatic heterocycles. The molecule has 0 aliphatic carbocycles. The van der Waals surface area contributed by atoms with Crippen molar-refractivity contribution in [1.82, 2.24) is 15.0 Å². The average molecular weight is 339 g/mol. The van der Waals surface area contributed by atoms with Crippen molar-refractivity contribution in [3.63, 3.8) is 0 Å². The van der Waals surface area contributed by atoms with Crippen LogP contribution in [-0.2, 0) is 11.2 Å². The van der Waals surface area contributed by atoms with Crippen LogP contribution in [0.15, 0.2) is 40.9 Å². The number of amides is 1. The van der Waals surface area contributed by atoms with Gasteiger partial charge in [-0.3, -0.25) is 4.79 Å². The summed E-state index contributed by atoms with van der Waals surface area (Å²) < 4.78 is 5.43. The normalized spacial score (nSPS) is 16.0. The van der Waals surface area contributed by atoms with Gasteiger partial charge >= 0.3 is 0 Å². The van der Waals surface area contributed by atoms with Gasteiger partial charge in [-0.25, -0.2) is 0 Å². The summed E-state index contributed by atoms with van der Waals surface area (Å²) in [4.78, 5) is 18.7. The van der Waals surface area contributed by atoms with Crippen molar-refractivity contribution in [3.8, 4) is 0 Å². The summed E-state index contributed by atoms with van der Waals surface area (Å²) in [5, 5.41) is 4.07. The van der Waals surface area contributed by atoms with Crippen molar-refractivity contribution < 1.29 is 9.32 Å². The van der Waals surface area contributed by atoms with Gasteiger partial charge in [0, 0.05) is 31.5 Å². The van der Waals surface area contributed by atoms with E-state index in [4.69, 9.17) is 4.52 Å². The first-order valence-corrected chi connectivity index (χ1v) is 8.96. The molecule has 5 nitrogen and oxygen atoms in total. The fourth-order valence-electron chi connectivity index (χ4n) is 3.07. The summed E-state index contributed by atoms with van der Waals surface area (Å²) in [5.41, 5.74) is 1.04. The van der Waals surface area contributed by atoms with E-state index in [0.717, 1.165) is 49.6 Å². The molecule has 0 unspecified atom stereocenters. The Morgan fingerprint density at radius 3 is 2.68 bits per heavy atom. The van der Waals surface area contributed by atoms with E-state index >= 15 is 0 Å². The fourth-order valence-corrected chi connectivity index (χ4v) is 3.07. The van der Waals surface area contributed by atoms with Gasteiger partial charge in [-0.2, -0.15) is 4.98 Å². The summed E-state index contributed by atoms with van der Waals surface area (Å²) in [5.74, 6) is 2.35. The number of likely N-dealkylation sites (tertiary alicyclic amines) is 1. The first-order valence-electron chi connectivity index (χ1n) is 8.96. The molecule has 1 fully saturated rings. The highest BCUT2D eigenvalue weighted by Crippen LogP contribution is 2.27. The molecular formula is C20H25N3O2. The number of carbonyl (C=O) groups excluding carboxylic acids is 1. The topological polar surface area (TPSA) is 59.2 Å². The number of hydrogen-bond donors (Lipinski definition) is 0. The minimum Gasteiger partial charge on any atom is -0.339 e. The predicted octanol–water partition coefficient (Wildman–Crippen LogP) is 3.69. The maximum atomic E-state index is 12.3. The maximum absolute atomic E-state index is 12.3. The third-order valence-electron chi connectivity index (χ3n) is 4.45. The van der Waals surface area contributed by atoms with Crippen LogP contribution in [0, 0.1) is 5.92 Å². The number of piperidine rings is 1. The molecule has 0 bridgehead atoms. The third kappa shape index (κ3) is 4.78. The van der Waals surface area contributed by atoms with Crippen LogP contribution < -0.4 is 0 Å². The molecule has 2 aromatic rings. The smallest absolute Gasteiger partial charge is 0.246 e. The van der Waals surface area contributed by atoms with Gasteiger partial charge in [-0.1, -0.05) is 49.3 Å². The van der Waals surface area contributed by atoms with E-state index in [9.17, 15) is 4.79 Å². The molecule has 1 aromatic heterocycles. The second-order valence-corrected chi connectivity index (χ2v) is 6.99. The van der Waals surface area contributed by atoms with Gasteiger partial charge in [-0.05, 0) is 30.4 Å². The van der Waals surface area contributed by atoms with Gasteiger partial charge in [0.2, 0.25) is 11.8 Å². The lowest BCUT2D eigenvalue weighted by Crippen LogP contribution is -2.36. The lowest BCUT2D eigenvalue weighted by atomic mass is 9.96. The molecule has 1 aromatic carbocycles. The Hall–Kier alpha value is -2.43. The number of hydrogen-bond acceptors (Lipinski definition) is 4. The molecule has 0 radical (unpaired) electrons. The Morgan fingerprint density at radius 1 is 1.28 bits per heavy atom. The second kappa shape index (κ2) is 8.10. The average Bonchev–Trinajstić information content (AvgIpc) is 3.08. The van der Waals surface area contributed by atoms with Gasteiger partial charge in [0.25, 0.3) is 0 Å². The zero-order valence-corrected chi connectivity index (χ0v) is 14.9. The van der Waals surface area contributed by atoms with Crippen LogP contribution in [0.2, 0.25) is 0 Å². The van der Waals surface area contributed by atoms with Gasteiger partial charge in [-0.15, -0.1) is 0 Å². The molecule has 3 rings (SSSR count). The van der Waals surface area contributed by atoms with Crippen molar-refractivity contribution in [2.75, 3.05) is 13.1 Å². The monoisotopic (exact) mass is 339 g/mol. The molecule has 2 heterocycles. The van der Waals surface area contributed by atoms with Gasteiger partial charge in [0.1, 0.15) is 0 Å². The van der Waals surface area contributed by atoms with E-state index in [2.05, 4.69) is 24.0 Å². The number of aromatic nitrogens is 2. The van der Waals surface area contributed by atoms with E-state index < -0.39 is 0 Å². The lowest BCUT2D eigenvalue weighted by Gasteiger charge is -2.29. The Labute approximate surface area is 148 Å². The van der Waals surface area contributed by atoms with E-state index in [1.54, 1.807) is 6.08 Å². The molecule has 5 heteroatoms. The molecule has 1 saturated heterocycles. The first kappa shape index (κ1) is 17.4. The zero-order chi connectivity index (χ0) is 17.6. The molecule has 0 N–H and O–H groups in total. The van der Waals surface area contributed by atoms with Gasteiger partial charge in [0.05, 0.1) is 0 Å². The van der Waals surface area contributed by atoms with Crippen molar-refractivity contribution >= 4 is 12.0 Å². The first-order chi connectivity index (χ1) is 12.1. The zero-order valence-electron chi connectivity index (χ0n) is 14.9. The second-order valence-electron chi connectivity index (χ2n) is 6.99. The van der Waals surface area contributed by atoms with E-state index in [1.165, 1.54) is 0 Å². The van der Waals surface area contributed by atoms with Crippen molar-refractivity contribution in [2.24, 2.45) is 5.92 Å². The van der Waals surface area contributed by atoms with Crippen LogP contribution in [-0.4, -0.2) is 34.0 Å². The minimum atomic E-state index is 0.0633. The lowest BCUT2D eigenvalue weighted by molar-refractivity contribution is -0.127. The van der Waals surface area contributed by atoms with Gasteiger partial charge < -0.3 is 9.42 Å². The molecule has 25 heavy (non-hydrogen) atoms.